The maximum atomic E-state index is 11.9. The van der Waals surface area contributed by atoms with Crippen LogP contribution in [-0.2, 0) is 18.0 Å². The summed E-state index contributed by atoms with van der Waals surface area (Å²) in [5.41, 5.74) is 1.94. The third-order valence-corrected chi connectivity index (χ3v) is 4.34. The van der Waals surface area contributed by atoms with Crippen LogP contribution in [-0.4, -0.2) is 47.7 Å². The van der Waals surface area contributed by atoms with E-state index in [0.29, 0.717) is 6.54 Å². The first-order chi connectivity index (χ1) is 12.5. The molecule has 0 bridgehead atoms. The van der Waals surface area contributed by atoms with Crippen LogP contribution < -0.4 is 10.5 Å². The van der Waals surface area contributed by atoms with Crippen molar-refractivity contribution >= 4 is 11.4 Å². The molecule has 0 atom stereocenters. The largest absolute Gasteiger partial charge is 0.378 e. The molecular formula is C18H22N4O4. The maximum Gasteiger partial charge on any atom is 0.285 e. The second-order valence-corrected chi connectivity index (χ2v) is 6.37. The second kappa shape index (κ2) is 8.11. The molecule has 1 aromatic heterocycles. The zero-order valence-electron chi connectivity index (χ0n) is 14.7. The molecule has 26 heavy (non-hydrogen) atoms. The molecule has 2 heterocycles. The molecule has 8 nitrogen and oxygen atoms in total. The topological polar surface area (TPSA) is 80.8 Å². The van der Waals surface area contributed by atoms with Crippen molar-refractivity contribution in [3.63, 3.8) is 0 Å². The summed E-state index contributed by atoms with van der Waals surface area (Å²) < 4.78 is 6.72. The lowest BCUT2D eigenvalue weighted by Gasteiger charge is -2.29. The zero-order valence-corrected chi connectivity index (χ0v) is 14.7. The van der Waals surface area contributed by atoms with Gasteiger partial charge in [-0.15, -0.1) is 0 Å². The van der Waals surface area contributed by atoms with Gasteiger partial charge >= 0.3 is 0 Å². The van der Waals surface area contributed by atoms with E-state index in [1.54, 1.807) is 0 Å². The van der Waals surface area contributed by atoms with E-state index < -0.39 is 4.92 Å². The van der Waals surface area contributed by atoms with Crippen LogP contribution >= 0.6 is 0 Å². The highest BCUT2D eigenvalue weighted by Crippen LogP contribution is 2.17. The number of nitrogens with zero attached hydrogens (tertiary/aromatic N) is 4. The van der Waals surface area contributed by atoms with Crippen LogP contribution in [0.1, 0.15) is 5.56 Å². The van der Waals surface area contributed by atoms with Crippen LogP contribution in [0.15, 0.2) is 47.4 Å². The van der Waals surface area contributed by atoms with Crippen LogP contribution in [0.5, 0.6) is 0 Å². The summed E-state index contributed by atoms with van der Waals surface area (Å²) in [6.45, 7) is 4.22. The number of aromatic nitrogens is 1. The van der Waals surface area contributed by atoms with Gasteiger partial charge in [-0.2, -0.15) is 0 Å². The Morgan fingerprint density at radius 1 is 1.15 bits per heavy atom. The molecule has 1 aliphatic heterocycles. The monoisotopic (exact) mass is 358 g/mol. The average molecular weight is 358 g/mol. The quantitative estimate of drug-likeness (QED) is 0.577. The highest BCUT2D eigenvalue weighted by Gasteiger charge is 2.12. The smallest absolute Gasteiger partial charge is 0.285 e. The SMILES string of the molecule is CN(Cc1ccc(N2CCOCC2)cc1)Cn1cc([N+](=O)[O-])ccc1=O. The molecule has 0 unspecified atom stereocenters. The maximum absolute atomic E-state index is 11.9. The van der Waals surface area contributed by atoms with Gasteiger partial charge in [0.2, 0.25) is 0 Å². The minimum Gasteiger partial charge on any atom is -0.378 e. The predicted octanol–water partition coefficient (Wildman–Crippen LogP) is 1.68. The number of nitro groups is 1. The van der Waals surface area contributed by atoms with Crippen molar-refractivity contribution in [2.75, 3.05) is 38.3 Å². The number of morpholine rings is 1. The molecular weight excluding hydrogens is 336 g/mol. The van der Waals surface area contributed by atoms with Gasteiger partial charge < -0.3 is 9.64 Å². The molecule has 1 aromatic carbocycles. The molecule has 138 valence electrons. The van der Waals surface area contributed by atoms with Gasteiger partial charge in [-0.25, -0.2) is 0 Å². The number of rotatable bonds is 6. The summed E-state index contributed by atoms with van der Waals surface area (Å²) in [6.07, 6.45) is 1.28. The van der Waals surface area contributed by atoms with E-state index in [-0.39, 0.29) is 17.9 Å². The Morgan fingerprint density at radius 3 is 2.50 bits per heavy atom. The Kier molecular flexibility index (Phi) is 5.65. The lowest BCUT2D eigenvalue weighted by molar-refractivity contribution is -0.385. The van der Waals surface area contributed by atoms with Crippen molar-refractivity contribution < 1.29 is 9.66 Å². The first-order valence-corrected chi connectivity index (χ1v) is 8.48. The van der Waals surface area contributed by atoms with Crippen molar-refractivity contribution in [3.05, 3.63) is 68.6 Å². The molecule has 1 aliphatic rings. The van der Waals surface area contributed by atoms with E-state index in [9.17, 15) is 14.9 Å². The average Bonchev–Trinajstić information content (AvgIpc) is 2.64. The summed E-state index contributed by atoms with van der Waals surface area (Å²) in [7, 11) is 1.88. The van der Waals surface area contributed by atoms with Crippen molar-refractivity contribution in [2.45, 2.75) is 13.2 Å². The minimum atomic E-state index is -0.500. The number of hydrogen-bond acceptors (Lipinski definition) is 6. The Balaban J connectivity index is 1.63. The molecule has 0 aliphatic carbocycles. The predicted molar refractivity (Wildman–Crippen MR) is 98.3 cm³/mol. The van der Waals surface area contributed by atoms with E-state index in [0.717, 1.165) is 31.9 Å². The molecule has 0 N–H and O–H groups in total. The van der Waals surface area contributed by atoms with Crippen LogP contribution in [0.2, 0.25) is 0 Å². The van der Waals surface area contributed by atoms with Crippen LogP contribution in [0.25, 0.3) is 0 Å². The molecule has 1 saturated heterocycles. The summed E-state index contributed by atoms with van der Waals surface area (Å²) in [6, 6.07) is 10.8. The minimum absolute atomic E-state index is 0.0899. The number of pyridine rings is 1. The van der Waals surface area contributed by atoms with E-state index in [4.69, 9.17) is 4.74 Å². The van der Waals surface area contributed by atoms with Crippen molar-refractivity contribution in [1.82, 2.24) is 9.47 Å². The molecule has 3 rings (SSSR count). The van der Waals surface area contributed by atoms with E-state index in [2.05, 4.69) is 29.2 Å². The summed E-state index contributed by atoms with van der Waals surface area (Å²) in [4.78, 5) is 26.5. The lowest BCUT2D eigenvalue weighted by Crippen LogP contribution is -2.36. The number of anilines is 1. The molecule has 0 amide bonds. The van der Waals surface area contributed by atoms with Gasteiger partial charge in [0, 0.05) is 37.5 Å². The summed E-state index contributed by atoms with van der Waals surface area (Å²) >= 11 is 0. The fraction of sp³-hybridized carbons (Fsp3) is 0.389. The van der Waals surface area contributed by atoms with Crippen molar-refractivity contribution in [2.24, 2.45) is 0 Å². The third-order valence-electron chi connectivity index (χ3n) is 4.34. The molecule has 0 spiro atoms. The van der Waals surface area contributed by atoms with Gasteiger partial charge in [-0.05, 0) is 24.7 Å². The zero-order chi connectivity index (χ0) is 18.5. The Hall–Kier alpha value is -2.71. The molecule has 0 saturated carbocycles. The number of ether oxygens (including phenoxy) is 1. The van der Waals surface area contributed by atoms with Gasteiger partial charge in [0.05, 0.1) is 31.0 Å². The van der Waals surface area contributed by atoms with Gasteiger partial charge in [-0.3, -0.25) is 24.4 Å². The Morgan fingerprint density at radius 2 is 1.85 bits per heavy atom. The van der Waals surface area contributed by atoms with E-state index in [1.165, 1.54) is 28.6 Å². The highest BCUT2D eigenvalue weighted by molar-refractivity contribution is 5.47. The van der Waals surface area contributed by atoms with Gasteiger partial charge in [-0.1, -0.05) is 12.1 Å². The van der Waals surface area contributed by atoms with Gasteiger partial charge in [0.15, 0.2) is 0 Å². The van der Waals surface area contributed by atoms with Crippen molar-refractivity contribution in [1.29, 1.82) is 0 Å². The molecule has 2 aromatic rings. The van der Waals surface area contributed by atoms with Crippen molar-refractivity contribution in [3.8, 4) is 0 Å². The Labute approximate surface area is 151 Å². The van der Waals surface area contributed by atoms with E-state index >= 15 is 0 Å². The third kappa shape index (κ3) is 4.47. The van der Waals surface area contributed by atoms with Crippen LogP contribution in [0.4, 0.5) is 11.4 Å². The van der Waals surface area contributed by atoms with Gasteiger partial charge in [0.25, 0.3) is 11.2 Å². The standard InChI is InChI=1S/C18H22N4O4/c1-19(14-21-13-17(22(24)25)6-7-18(21)23)12-15-2-4-16(5-3-15)20-8-10-26-11-9-20/h2-7,13H,8-12,14H2,1H3. The van der Waals surface area contributed by atoms with E-state index in [1.807, 2.05) is 11.9 Å². The fourth-order valence-electron chi connectivity index (χ4n) is 2.99. The molecule has 1 fully saturated rings. The first kappa shape index (κ1) is 18.1. The highest BCUT2D eigenvalue weighted by atomic mass is 16.6. The lowest BCUT2D eigenvalue weighted by atomic mass is 10.2. The van der Waals surface area contributed by atoms with Gasteiger partial charge in [0.1, 0.15) is 0 Å². The Bertz CT molecular complexity index is 813. The molecule has 8 heteroatoms. The van der Waals surface area contributed by atoms with Crippen LogP contribution in [0, 0.1) is 10.1 Å². The normalized spacial score (nSPS) is 14.6. The summed E-state index contributed by atoms with van der Waals surface area (Å²) in [5, 5.41) is 10.9. The molecule has 0 radical (unpaired) electrons. The fourth-order valence-corrected chi connectivity index (χ4v) is 2.99. The first-order valence-electron chi connectivity index (χ1n) is 8.48. The summed E-state index contributed by atoms with van der Waals surface area (Å²) in [5.74, 6) is 0. The van der Waals surface area contributed by atoms with Crippen LogP contribution in [0.3, 0.4) is 0 Å². The number of benzene rings is 1. The second-order valence-electron chi connectivity index (χ2n) is 6.37. The number of hydrogen-bond donors (Lipinski definition) is 0.